The number of benzene rings is 9. The van der Waals surface area contributed by atoms with Gasteiger partial charge in [-0.15, -0.1) is 11.3 Å². The Morgan fingerprint density at radius 3 is 1.79 bits per heavy atom. The van der Waals surface area contributed by atoms with Crippen LogP contribution in [0.4, 0.5) is 17.1 Å². The predicted molar refractivity (Wildman–Crippen MR) is 244 cm³/mol. The van der Waals surface area contributed by atoms with E-state index in [1.54, 1.807) is 0 Å². The van der Waals surface area contributed by atoms with Gasteiger partial charge < -0.3 is 9.32 Å². The van der Waals surface area contributed by atoms with Crippen LogP contribution >= 0.6 is 11.3 Å². The molecule has 9 aromatic carbocycles. The van der Waals surface area contributed by atoms with E-state index in [0.717, 1.165) is 44.4 Å². The molecule has 1 aliphatic carbocycles. The van der Waals surface area contributed by atoms with Gasteiger partial charge in [-0.1, -0.05) is 152 Å². The molecule has 3 heteroatoms. The molecule has 2 aromatic heterocycles. The van der Waals surface area contributed by atoms with Crippen molar-refractivity contribution in [2.24, 2.45) is 0 Å². The third kappa shape index (κ3) is 4.84. The number of anilines is 3. The number of thiophene rings is 1. The predicted octanol–water partition coefficient (Wildman–Crippen LogP) is 15.5. The number of hydrogen-bond acceptors (Lipinski definition) is 3. The van der Waals surface area contributed by atoms with Crippen LogP contribution in [0.25, 0.3) is 64.4 Å². The average Bonchev–Trinajstić information content (AvgIpc) is 3.95. The molecule has 0 bridgehead atoms. The van der Waals surface area contributed by atoms with Gasteiger partial charge in [0.05, 0.1) is 15.8 Å². The van der Waals surface area contributed by atoms with E-state index in [2.05, 4.69) is 217 Å². The second kappa shape index (κ2) is 12.9. The summed E-state index contributed by atoms with van der Waals surface area (Å²) >= 11 is 1.86. The second-order valence-corrected chi connectivity index (χ2v) is 16.3. The Hall–Kier alpha value is -7.20. The zero-order valence-electron chi connectivity index (χ0n) is 31.5. The fourth-order valence-corrected chi connectivity index (χ4v) is 10.8. The van der Waals surface area contributed by atoms with Crippen LogP contribution in [0, 0.1) is 0 Å². The van der Waals surface area contributed by atoms with E-state index in [4.69, 9.17) is 4.42 Å². The highest BCUT2D eigenvalue weighted by atomic mass is 32.1. The minimum atomic E-state index is -0.468. The summed E-state index contributed by atoms with van der Waals surface area (Å²) in [5, 5.41) is 4.84. The molecule has 0 saturated carbocycles. The third-order valence-corrected chi connectivity index (χ3v) is 13.4. The monoisotopic (exact) mass is 757 g/mol. The van der Waals surface area contributed by atoms with Crippen molar-refractivity contribution < 1.29 is 4.42 Å². The van der Waals surface area contributed by atoms with E-state index in [9.17, 15) is 0 Å². The van der Waals surface area contributed by atoms with Crippen molar-refractivity contribution in [3.63, 3.8) is 0 Å². The topological polar surface area (TPSA) is 16.4 Å². The van der Waals surface area contributed by atoms with Crippen LogP contribution in [0.3, 0.4) is 0 Å². The highest BCUT2D eigenvalue weighted by molar-refractivity contribution is 7.26. The summed E-state index contributed by atoms with van der Waals surface area (Å²) in [5.41, 5.74) is 14.6. The van der Waals surface area contributed by atoms with E-state index >= 15 is 0 Å². The van der Waals surface area contributed by atoms with E-state index < -0.39 is 5.41 Å². The summed E-state index contributed by atoms with van der Waals surface area (Å²) in [7, 11) is 0. The summed E-state index contributed by atoms with van der Waals surface area (Å²) in [5.74, 6) is 0. The lowest BCUT2D eigenvalue weighted by Crippen LogP contribution is -2.28. The normalized spacial score (nSPS) is 13.0. The SMILES string of the molecule is c1ccc(N(c2ccc(-c3ccc4oc5cc6c(cc5c4c3)-c3ccccc3C6(c3ccccc3)c3ccccc3)cc2)c2cccc3c2sc2ccccc23)cc1. The lowest BCUT2D eigenvalue weighted by Gasteiger charge is -2.33. The summed E-state index contributed by atoms with van der Waals surface area (Å²) in [4.78, 5) is 2.39. The molecule has 1 aliphatic rings. The Morgan fingerprint density at radius 1 is 0.397 bits per heavy atom. The molecular formula is C55H35NOS. The minimum absolute atomic E-state index is 0.468. The van der Waals surface area contributed by atoms with E-state index in [-0.39, 0.29) is 0 Å². The molecule has 0 fully saturated rings. The second-order valence-electron chi connectivity index (χ2n) is 15.2. The first kappa shape index (κ1) is 33.0. The van der Waals surface area contributed by atoms with Gasteiger partial charge in [0.15, 0.2) is 0 Å². The quantitative estimate of drug-likeness (QED) is 0.168. The molecule has 0 N–H and O–H groups in total. The van der Waals surface area contributed by atoms with Crippen molar-refractivity contribution >= 4 is 70.5 Å². The van der Waals surface area contributed by atoms with Gasteiger partial charge in [-0.2, -0.15) is 0 Å². The van der Waals surface area contributed by atoms with E-state index in [1.165, 1.54) is 59.2 Å². The standard InChI is InChI=1S/C55H35NOS/c1-4-15-38(16-5-1)55(39-17-6-2-7-18-39)48-24-12-10-21-42(48)45-34-47-46-33-37(29-32-51(46)57-52(47)35-49(45)55)36-27-30-41(31-28-36)56(40-19-8-3-9-20-40)50-25-14-23-44-43-22-11-13-26-53(43)58-54(44)50/h1-35H. The highest BCUT2D eigenvalue weighted by Crippen LogP contribution is 2.57. The Balaban J connectivity index is 0.987. The van der Waals surface area contributed by atoms with Gasteiger partial charge in [0.2, 0.25) is 0 Å². The molecule has 12 rings (SSSR count). The third-order valence-electron chi connectivity index (χ3n) is 12.1. The molecule has 272 valence electrons. The fraction of sp³-hybridized carbons (Fsp3) is 0.0182. The van der Waals surface area contributed by atoms with Crippen LogP contribution in [-0.2, 0) is 5.41 Å². The summed E-state index contributed by atoms with van der Waals surface area (Å²) in [6, 6.07) is 77.2. The molecule has 0 spiro atoms. The van der Waals surface area contributed by atoms with Crippen LogP contribution in [0.5, 0.6) is 0 Å². The smallest absolute Gasteiger partial charge is 0.135 e. The van der Waals surface area contributed by atoms with Crippen molar-refractivity contribution in [3.8, 4) is 22.3 Å². The lowest BCUT2D eigenvalue weighted by molar-refractivity contribution is 0.666. The van der Waals surface area contributed by atoms with Crippen molar-refractivity contribution in [3.05, 3.63) is 235 Å². The Morgan fingerprint density at radius 2 is 1.02 bits per heavy atom. The van der Waals surface area contributed by atoms with Gasteiger partial charge in [-0.25, -0.2) is 0 Å². The number of fused-ring (bicyclic) bond motifs is 9. The highest BCUT2D eigenvalue weighted by Gasteiger charge is 2.46. The Labute approximate surface area is 340 Å². The molecule has 0 aliphatic heterocycles. The van der Waals surface area contributed by atoms with Gasteiger partial charge in [0, 0.05) is 37.6 Å². The summed E-state index contributed by atoms with van der Waals surface area (Å²) in [6.45, 7) is 0. The molecule has 11 aromatic rings. The number of furan rings is 1. The van der Waals surface area contributed by atoms with Gasteiger partial charge in [-0.05, 0) is 105 Å². The first-order valence-corrected chi connectivity index (χ1v) is 20.6. The van der Waals surface area contributed by atoms with Crippen LogP contribution < -0.4 is 4.90 Å². The van der Waals surface area contributed by atoms with E-state index in [0.29, 0.717) is 0 Å². The molecule has 0 unspecified atom stereocenters. The zero-order chi connectivity index (χ0) is 38.2. The van der Waals surface area contributed by atoms with Gasteiger partial charge in [0.1, 0.15) is 11.2 Å². The first-order chi connectivity index (χ1) is 28.8. The molecule has 2 heterocycles. The van der Waals surface area contributed by atoms with Crippen LogP contribution in [0.2, 0.25) is 0 Å². The van der Waals surface area contributed by atoms with Gasteiger partial charge in [-0.3, -0.25) is 0 Å². The molecule has 0 radical (unpaired) electrons. The summed E-state index contributed by atoms with van der Waals surface area (Å²) < 4.78 is 9.32. The molecule has 0 amide bonds. The average molecular weight is 758 g/mol. The van der Waals surface area contributed by atoms with Crippen LogP contribution in [0.1, 0.15) is 22.3 Å². The Kier molecular flexibility index (Phi) is 7.35. The van der Waals surface area contributed by atoms with Crippen molar-refractivity contribution in [2.45, 2.75) is 5.41 Å². The molecular weight excluding hydrogens is 723 g/mol. The number of rotatable bonds is 6. The largest absolute Gasteiger partial charge is 0.456 e. The summed E-state index contributed by atoms with van der Waals surface area (Å²) in [6.07, 6.45) is 0. The molecule has 0 saturated heterocycles. The number of para-hydroxylation sites is 1. The molecule has 2 nitrogen and oxygen atoms in total. The molecule has 0 atom stereocenters. The fourth-order valence-electron chi connectivity index (χ4n) is 9.61. The van der Waals surface area contributed by atoms with Gasteiger partial charge in [0.25, 0.3) is 0 Å². The van der Waals surface area contributed by atoms with Crippen molar-refractivity contribution in [1.82, 2.24) is 0 Å². The Bertz CT molecular complexity index is 3290. The number of nitrogens with zero attached hydrogens (tertiary/aromatic N) is 1. The van der Waals surface area contributed by atoms with E-state index in [1.807, 2.05) is 11.3 Å². The minimum Gasteiger partial charge on any atom is -0.456 e. The van der Waals surface area contributed by atoms with Crippen LogP contribution in [0.15, 0.2) is 217 Å². The van der Waals surface area contributed by atoms with Crippen LogP contribution in [-0.4, -0.2) is 0 Å². The maximum atomic E-state index is 6.73. The molecule has 58 heavy (non-hydrogen) atoms. The lowest BCUT2D eigenvalue weighted by atomic mass is 9.67. The zero-order valence-corrected chi connectivity index (χ0v) is 32.3. The number of hydrogen-bond donors (Lipinski definition) is 0. The maximum absolute atomic E-state index is 6.73. The first-order valence-electron chi connectivity index (χ1n) is 19.8. The van der Waals surface area contributed by atoms with Gasteiger partial charge >= 0.3 is 0 Å². The maximum Gasteiger partial charge on any atom is 0.135 e. The van der Waals surface area contributed by atoms with Crippen molar-refractivity contribution in [1.29, 1.82) is 0 Å². The van der Waals surface area contributed by atoms with Crippen molar-refractivity contribution in [2.75, 3.05) is 4.90 Å².